The molecule has 0 rings (SSSR count). The van der Waals surface area contributed by atoms with Crippen LogP contribution in [0.4, 0.5) is 0 Å². The van der Waals surface area contributed by atoms with Gasteiger partial charge in [0.1, 0.15) is 11.7 Å². The Kier molecular flexibility index (Phi) is 6.86. The van der Waals surface area contributed by atoms with Crippen LogP contribution in [0.25, 0.3) is 0 Å². The molecule has 2 atom stereocenters. The molecule has 2 unspecified atom stereocenters. The molecule has 0 saturated heterocycles. The van der Waals surface area contributed by atoms with Crippen LogP contribution in [0.15, 0.2) is 0 Å². The Morgan fingerprint density at radius 1 is 1.22 bits per heavy atom. The number of aliphatic hydroxyl groups is 2. The maximum absolute atomic E-state index is 11.4. The van der Waals surface area contributed by atoms with E-state index in [2.05, 4.69) is 6.92 Å². The summed E-state index contributed by atoms with van der Waals surface area (Å²) in [6.45, 7) is 9.33. The van der Waals surface area contributed by atoms with Crippen molar-refractivity contribution in [2.24, 2.45) is 5.41 Å². The summed E-state index contributed by atoms with van der Waals surface area (Å²) in [5.41, 5.74) is -0.735. The molecule has 0 aromatic heterocycles. The molecule has 0 aromatic carbocycles. The average Bonchev–Trinajstić information content (AvgIpc) is 2.26. The lowest BCUT2D eigenvalue weighted by atomic mass is 9.79. The van der Waals surface area contributed by atoms with Gasteiger partial charge in [-0.1, -0.05) is 20.3 Å². The first kappa shape index (κ1) is 17.4. The topological polar surface area (TPSA) is 66.8 Å². The van der Waals surface area contributed by atoms with Gasteiger partial charge in [-0.15, -0.1) is 0 Å². The first-order valence-electron chi connectivity index (χ1n) is 6.67. The Bertz CT molecular complexity index is 261. The summed E-state index contributed by atoms with van der Waals surface area (Å²) in [5.74, 6) is -0.596. The van der Waals surface area contributed by atoms with Crippen LogP contribution in [-0.2, 0) is 9.53 Å². The van der Waals surface area contributed by atoms with E-state index < -0.39 is 17.7 Å². The fraction of sp³-hybridized carbons (Fsp3) is 0.929. The Labute approximate surface area is 110 Å². The minimum Gasteiger partial charge on any atom is -0.458 e. The molecular formula is C14H28O4. The van der Waals surface area contributed by atoms with Crippen LogP contribution in [0.3, 0.4) is 0 Å². The number of aliphatic hydroxyl groups excluding tert-OH is 2. The number of ether oxygens (including phenoxy) is 1. The van der Waals surface area contributed by atoms with Crippen molar-refractivity contribution in [2.75, 3.05) is 6.61 Å². The van der Waals surface area contributed by atoms with E-state index in [4.69, 9.17) is 9.84 Å². The predicted octanol–water partition coefficient (Wildman–Crippen LogP) is 2.27. The fourth-order valence-corrected chi connectivity index (χ4v) is 1.90. The van der Waals surface area contributed by atoms with E-state index in [1.54, 1.807) is 0 Å². The Morgan fingerprint density at radius 2 is 1.78 bits per heavy atom. The van der Waals surface area contributed by atoms with Crippen molar-refractivity contribution in [3.63, 3.8) is 0 Å². The molecule has 4 heteroatoms. The van der Waals surface area contributed by atoms with E-state index in [-0.39, 0.29) is 12.0 Å². The molecule has 2 N–H and O–H groups in total. The van der Waals surface area contributed by atoms with E-state index in [1.807, 2.05) is 20.8 Å². The molecule has 108 valence electrons. The number of hydrogen-bond acceptors (Lipinski definition) is 4. The zero-order valence-electron chi connectivity index (χ0n) is 12.3. The molecule has 0 amide bonds. The van der Waals surface area contributed by atoms with E-state index in [0.717, 1.165) is 19.3 Å². The zero-order valence-corrected chi connectivity index (χ0v) is 12.3. The van der Waals surface area contributed by atoms with Crippen LogP contribution in [0.5, 0.6) is 0 Å². The predicted molar refractivity (Wildman–Crippen MR) is 71.2 cm³/mol. The Hall–Kier alpha value is -0.610. The molecule has 0 aliphatic rings. The zero-order chi connectivity index (χ0) is 14.4. The van der Waals surface area contributed by atoms with Gasteiger partial charge < -0.3 is 14.9 Å². The van der Waals surface area contributed by atoms with Crippen LogP contribution < -0.4 is 0 Å². The Morgan fingerprint density at radius 3 is 2.17 bits per heavy atom. The summed E-state index contributed by atoms with van der Waals surface area (Å²) in [6.07, 6.45) is 2.33. The third-order valence-corrected chi connectivity index (χ3v) is 3.28. The van der Waals surface area contributed by atoms with Crippen molar-refractivity contribution in [3.05, 3.63) is 0 Å². The third-order valence-electron chi connectivity index (χ3n) is 3.28. The van der Waals surface area contributed by atoms with Crippen LogP contribution in [0, 0.1) is 5.41 Å². The van der Waals surface area contributed by atoms with Gasteiger partial charge in [0.25, 0.3) is 0 Å². The molecule has 0 spiro atoms. The summed E-state index contributed by atoms with van der Waals surface area (Å²) in [6, 6.07) is 0. The molecule has 0 saturated carbocycles. The molecule has 18 heavy (non-hydrogen) atoms. The molecule has 0 fully saturated rings. The Balaban J connectivity index is 4.36. The second kappa shape index (κ2) is 7.10. The van der Waals surface area contributed by atoms with Gasteiger partial charge in [0.15, 0.2) is 0 Å². The third kappa shape index (κ3) is 6.36. The normalized spacial score (nSPS) is 17.1. The van der Waals surface area contributed by atoms with Crippen molar-refractivity contribution < 1.29 is 19.7 Å². The molecule has 0 aliphatic heterocycles. The van der Waals surface area contributed by atoms with E-state index in [0.29, 0.717) is 6.42 Å². The van der Waals surface area contributed by atoms with Crippen molar-refractivity contribution in [1.29, 1.82) is 0 Å². The largest absolute Gasteiger partial charge is 0.458 e. The van der Waals surface area contributed by atoms with Crippen LogP contribution in [0.1, 0.15) is 60.3 Å². The lowest BCUT2D eigenvalue weighted by Gasteiger charge is -2.32. The monoisotopic (exact) mass is 260 g/mol. The van der Waals surface area contributed by atoms with Crippen LogP contribution in [-0.4, -0.2) is 34.5 Å². The highest BCUT2D eigenvalue weighted by Crippen LogP contribution is 2.32. The second-order valence-electron chi connectivity index (χ2n) is 6.08. The number of carbonyl (C=O) groups excluding carboxylic acids is 1. The van der Waals surface area contributed by atoms with Crippen LogP contribution >= 0.6 is 0 Å². The van der Waals surface area contributed by atoms with Crippen molar-refractivity contribution in [1.82, 2.24) is 0 Å². The molecule has 0 radical (unpaired) electrons. The fourth-order valence-electron chi connectivity index (χ4n) is 1.90. The van der Waals surface area contributed by atoms with Gasteiger partial charge in [0.2, 0.25) is 0 Å². The summed E-state index contributed by atoms with van der Waals surface area (Å²) >= 11 is 0. The molecule has 0 aliphatic carbocycles. The highest BCUT2D eigenvalue weighted by molar-refractivity contribution is 5.74. The maximum Gasteiger partial charge on any atom is 0.335 e. The molecule has 0 heterocycles. The lowest BCUT2D eigenvalue weighted by Crippen LogP contribution is -2.35. The standard InChI is InChI=1S/C14H28O4/c1-6-7-14(5,10-15)9-8-13(3,4)18-12(17)11(2)16/h11,15-16H,6-10H2,1-5H3. The smallest absolute Gasteiger partial charge is 0.335 e. The highest BCUT2D eigenvalue weighted by atomic mass is 16.6. The summed E-state index contributed by atoms with van der Waals surface area (Å²) < 4.78 is 5.25. The summed E-state index contributed by atoms with van der Waals surface area (Å²) in [5, 5.41) is 18.6. The van der Waals surface area contributed by atoms with Crippen molar-refractivity contribution in [2.45, 2.75) is 72.0 Å². The number of hydrogen-bond donors (Lipinski definition) is 2. The second-order valence-corrected chi connectivity index (χ2v) is 6.08. The van der Waals surface area contributed by atoms with Crippen molar-refractivity contribution in [3.8, 4) is 0 Å². The molecule has 4 nitrogen and oxygen atoms in total. The minimum absolute atomic E-state index is 0.122. The van der Waals surface area contributed by atoms with Gasteiger partial charge >= 0.3 is 5.97 Å². The maximum atomic E-state index is 11.4. The van der Waals surface area contributed by atoms with Gasteiger partial charge in [0, 0.05) is 6.61 Å². The summed E-state index contributed by atoms with van der Waals surface area (Å²) in [7, 11) is 0. The van der Waals surface area contributed by atoms with E-state index in [1.165, 1.54) is 6.92 Å². The molecule has 0 bridgehead atoms. The average molecular weight is 260 g/mol. The lowest BCUT2D eigenvalue weighted by molar-refractivity contribution is -0.166. The molecular weight excluding hydrogens is 232 g/mol. The van der Waals surface area contributed by atoms with Gasteiger partial charge in [0.05, 0.1) is 0 Å². The SMILES string of the molecule is CCCC(C)(CO)CCC(C)(C)OC(=O)C(C)O. The van der Waals surface area contributed by atoms with Gasteiger partial charge in [-0.05, 0) is 45.4 Å². The number of carbonyl (C=O) groups is 1. The van der Waals surface area contributed by atoms with Gasteiger partial charge in [-0.2, -0.15) is 0 Å². The van der Waals surface area contributed by atoms with E-state index in [9.17, 15) is 9.90 Å². The summed E-state index contributed by atoms with van der Waals surface area (Å²) in [4.78, 5) is 11.4. The minimum atomic E-state index is -1.09. The van der Waals surface area contributed by atoms with Gasteiger partial charge in [-0.3, -0.25) is 0 Å². The van der Waals surface area contributed by atoms with Gasteiger partial charge in [-0.25, -0.2) is 4.79 Å². The highest BCUT2D eigenvalue weighted by Gasteiger charge is 2.30. The quantitative estimate of drug-likeness (QED) is 0.657. The number of esters is 1. The van der Waals surface area contributed by atoms with Crippen LogP contribution in [0.2, 0.25) is 0 Å². The van der Waals surface area contributed by atoms with E-state index >= 15 is 0 Å². The van der Waals surface area contributed by atoms with Crippen molar-refractivity contribution >= 4 is 5.97 Å². The first-order chi connectivity index (χ1) is 8.16. The number of rotatable bonds is 8. The molecule has 0 aromatic rings. The first-order valence-corrected chi connectivity index (χ1v) is 6.67.